The predicted molar refractivity (Wildman–Crippen MR) is 77.8 cm³/mol. The fourth-order valence-corrected chi connectivity index (χ4v) is 4.82. The molecular weight excluding hydrogens is 322 g/mol. The van der Waals surface area contributed by atoms with Crippen LogP contribution < -0.4 is 10.5 Å². The SMILES string of the molecule is CN1Sc2sc(S(N)(=O)=O)cc2C=C1CNCC(=O)O. The first-order valence-electron chi connectivity index (χ1n) is 5.49. The van der Waals surface area contributed by atoms with E-state index in [1.54, 1.807) is 0 Å². The van der Waals surface area contributed by atoms with E-state index < -0.39 is 16.0 Å². The number of fused-ring (bicyclic) bond motifs is 1. The van der Waals surface area contributed by atoms with Crippen LogP contribution in [0.25, 0.3) is 6.08 Å². The van der Waals surface area contributed by atoms with Crippen molar-refractivity contribution in [1.29, 1.82) is 0 Å². The lowest BCUT2D eigenvalue weighted by Crippen LogP contribution is -2.28. The van der Waals surface area contributed by atoms with Crippen LogP contribution in [0.5, 0.6) is 0 Å². The lowest BCUT2D eigenvalue weighted by atomic mass is 10.2. The molecule has 0 spiro atoms. The normalized spacial score (nSPS) is 14.9. The summed E-state index contributed by atoms with van der Waals surface area (Å²) in [6.45, 7) is 0.255. The third kappa shape index (κ3) is 3.52. The largest absolute Gasteiger partial charge is 0.480 e. The Morgan fingerprint density at radius 1 is 1.55 bits per heavy atom. The molecule has 0 saturated heterocycles. The van der Waals surface area contributed by atoms with E-state index in [1.165, 1.54) is 18.0 Å². The molecule has 0 amide bonds. The lowest BCUT2D eigenvalue weighted by Gasteiger charge is -2.24. The summed E-state index contributed by atoms with van der Waals surface area (Å²) in [5.74, 6) is -0.926. The molecule has 2 rings (SSSR count). The van der Waals surface area contributed by atoms with E-state index in [0.29, 0.717) is 6.54 Å². The number of nitrogens with zero attached hydrogens (tertiary/aromatic N) is 1. The standard InChI is InChI=1S/C10H13N3O4S3/c1-13-7(4-12-5-8(14)15)2-6-3-9(20(11,16)17)18-10(6)19-13/h2-3,12H,4-5H2,1H3,(H,14,15)(H2,11,16,17). The number of likely N-dealkylation sites (N-methyl/N-ethyl adjacent to an activating group) is 1. The topological polar surface area (TPSA) is 113 Å². The van der Waals surface area contributed by atoms with Crippen LogP contribution in [0.3, 0.4) is 0 Å². The van der Waals surface area contributed by atoms with Gasteiger partial charge in [0.05, 0.1) is 10.8 Å². The minimum absolute atomic E-state index is 0.124. The highest BCUT2D eigenvalue weighted by atomic mass is 32.3. The molecule has 20 heavy (non-hydrogen) atoms. The van der Waals surface area contributed by atoms with Crippen molar-refractivity contribution in [2.45, 2.75) is 8.42 Å². The van der Waals surface area contributed by atoms with Crippen LogP contribution in [-0.2, 0) is 14.8 Å². The fraction of sp³-hybridized carbons (Fsp3) is 0.300. The highest BCUT2D eigenvalue weighted by Gasteiger charge is 2.22. The molecule has 2 heterocycles. The molecule has 0 radical (unpaired) electrons. The fourth-order valence-electron chi connectivity index (χ4n) is 1.59. The number of hydrogen-bond acceptors (Lipinski definition) is 7. The first-order chi connectivity index (χ1) is 9.27. The van der Waals surface area contributed by atoms with E-state index >= 15 is 0 Å². The van der Waals surface area contributed by atoms with Crippen LogP contribution in [-0.4, -0.2) is 43.9 Å². The molecule has 10 heteroatoms. The summed E-state index contributed by atoms with van der Waals surface area (Å²) < 4.78 is 25.5. The summed E-state index contributed by atoms with van der Waals surface area (Å²) in [7, 11) is -1.86. The van der Waals surface area contributed by atoms with Gasteiger partial charge in [-0.25, -0.2) is 13.6 Å². The van der Waals surface area contributed by atoms with Gasteiger partial charge in [0.1, 0.15) is 4.21 Å². The maximum atomic E-state index is 11.3. The van der Waals surface area contributed by atoms with Crippen molar-refractivity contribution in [3.8, 4) is 0 Å². The molecule has 0 aromatic carbocycles. The van der Waals surface area contributed by atoms with Crippen LogP contribution in [0.2, 0.25) is 0 Å². The van der Waals surface area contributed by atoms with Crippen LogP contribution in [0.4, 0.5) is 0 Å². The molecule has 0 fully saturated rings. The quantitative estimate of drug-likeness (QED) is 0.666. The summed E-state index contributed by atoms with van der Waals surface area (Å²) in [6.07, 6.45) is 1.83. The van der Waals surface area contributed by atoms with Gasteiger partial charge in [0.2, 0.25) is 10.0 Å². The molecule has 0 atom stereocenters. The Labute approximate surface area is 124 Å². The summed E-state index contributed by atoms with van der Waals surface area (Å²) in [5.41, 5.74) is 1.65. The van der Waals surface area contributed by atoms with Crippen molar-refractivity contribution in [1.82, 2.24) is 9.62 Å². The molecule has 0 unspecified atom stereocenters. The Balaban J connectivity index is 2.20. The Hall–Kier alpha value is -1.07. The highest BCUT2D eigenvalue weighted by molar-refractivity contribution is 7.99. The molecule has 4 N–H and O–H groups in total. The molecule has 1 aromatic rings. The molecule has 0 bridgehead atoms. The van der Waals surface area contributed by atoms with E-state index in [1.807, 2.05) is 17.4 Å². The maximum Gasteiger partial charge on any atom is 0.317 e. The number of primary sulfonamides is 1. The first-order valence-corrected chi connectivity index (χ1v) is 8.62. The van der Waals surface area contributed by atoms with Gasteiger partial charge in [-0.15, -0.1) is 11.3 Å². The van der Waals surface area contributed by atoms with E-state index in [0.717, 1.165) is 26.8 Å². The molecule has 110 valence electrons. The van der Waals surface area contributed by atoms with Crippen LogP contribution in [0.1, 0.15) is 5.56 Å². The van der Waals surface area contributed by atoms with Gasteiger partial charge < -0.3 is 14.7 Å². The van der Waals surface area contributed by atoms with Crippen molar-refractivity contribution in [2.75, 3.05) is 20.1 Å². The Morgan fingerprint density at radius 3 is 2.85 bits per heavy atom. The van der Waals surface area contributed by atoms with Crippen molar-refractivity contribution in [3.63, 3.8) is 0 Å². The number of nitrogens with two attached hydrogens (primary N) is 1. The lowest BCUT2D eigenvalue weighted by molar-refractivity contribution is -0.135. The molecule has 0 saturated carbocycles. The van der Waals surface area contributed by atoms with Gasteiger partial charge >= 0.3 is 5.97 Å². The van der Waals surface area contributed by atoms with Crippen LogP contribution >= 0.6 is 23.3 Å². The van der Waals surface area contributed by atoms with Crippen molar-refractivity contribution in [3.05, 3.63) is 17.3 Å². The average molecular weight is 335 g/mol. The Bertz CT molecular complexity index is 665. The number of carboxylic acids is 1. The predicted octanol–water partition coefficient (Wildman–Crippen LogP) is 0.363. The molecule has 1 aromatic heterocycles. The van der Waals surface area contributed by atoms with Crippen molar-refractivity contribution >= 4 is 45.4 Å². The number of thiophene rings is 1. The second kappa shape index (κ2) is 5.74. The van der Waals surface area contributed by atoms with E-state index in [2.05, 4.69) is 5.32 Å². The first kappa shape index (κ1) is 15.3. The maximum absolute atomic E-state index is 11.3. The molecular formula is C10H13N3O4S3. The zero-order valence-electron chi connectivity index (χ0n) is 10.5. The molecule has 1 aliphatic heterocycles. The van der Waals surface area contributed by atoms with Crippen LogP contribution in [0, 0.1) is 0 Å². The average Bonchev–Trinajstić information content (AvgIpc) is 2.71. The Kier molecular flexibility index (Phi) is 4.39. The van der Waals surface area contributed by atoms with Gasteiger partial charge in [-0.2, -0.15) is 0 Å². The number of carboxylic acid groups (broad SMARTS) is 1. The number of rotatable bonds is 5. The van der Waals surface area contributed by atoms with Gasteiger partial charge in [0.25, 0.3) is 0 Å². The van der Waals surface area contributed by atoms with Gasteiger partial charge in [-0.1, -0.05) is 0 Å². The monoisotopic (exact) mass is 335 g/mol. The van der Waals surface area contributed by atoms with Gasteiger partial charge in [0.15, 0.2) is 0 Å². The van der Waals surface area contributed by atoms with E-state index in [-0.39, 0.29) is 10.8 Å². The zero-order valence-corrected chi connectivity index (χ0v) is 12.9. The number of sulfonamides is 1. The minimum Gasteiger partial charge on any atom is -0.480 e. The van der Waals surface area contributed by atoms with Gasteiger partial charge in [-0.3, -0.25) is 4.79 Å². The number of hydrogen-bond donors (Lipinski definition) is 3. The smallest absolute Gasteiger partial charge is 0.317 e. The van der Waals surface area contributed by atoms with Crippen LogP contribution in [0.15, 0.2) is 20.2 Å². The van der Waals surface area contributed by atoms with Crippen molar-refractivity contribution < 1.29 is 18.3 Å². The number of aliphatic carboxylic acids is 1. The highest BCUT2D eigenvalue weighted by Crippen LogP contribution is 2.41. The number of carbonyl (C=O) groups is 1. The summed E-state index contributed by atoms with van der Waals surface area (Å²) in [6, 6.07) is 1.53. The van der Waals surface area contributed by atoms with Gasteiger partial charge in [0, 0.05) is 24.9 Å². The van der Waals surface area contributed by atoms with E-state index in [4.69, 9.17) is 10.2 Å². The second-order valence-electron chi connectivity index (χ2n) is 4.07. The third-order valence-corrected chi connectivity index (χ3v) is 6.26. The Morgan fingerprint density at radius 2 is 2.25 bits per heavy atom. The van der Waals surface area contributed by atoms with E-state index in [9.17, 15) is 13.2 Å². The van der Waals surface area contributed by atoms with Crippen molar-refractivity contribution in [2.24, 2.45) is 5.14 Å². The zero-order chi connectivity index (χ0) is 14.9. The third-order valence-electron chi connectivity index (χ3n) is 2.51. The second-order valence-corrected chi connectivity index (χ2v) is 8.31. The summed E-state index contributed by atoms with van der Waals surface area (Å²) >= 11 is 2.52. The molecule has 7 nitrogen and oxygen atoms in total. The van der Waals surface area contributed by atoms with Gasteiger partial charge in [-0.05, 0) is 24.1 Å². The number of nitrogens with one attached hydrogen (secondary N) is 1. The molecule has 0 aliphatic carbocycles. The molecule has 1 aliphatic rings. The minimum atomic E-state index is -3.70. The summed E-state index contributed by atoms with van der Waals surface area (Å²) in [4.78, 5) is 10.5. The summed E-state index contributed by atoms with van der Waals surface area (Å²) in [5, 5.41) is 16.5.